The second-order valence-electron chi connectivity index (χ2n) is 6.32. The molecule has 134 valence electrons. The molecule has 0 atom stereocenters. The number of piperazine rings is 1. The predicted molar refractivity (Wildman–Crippen MR) is 101 cm³/mol. The summed E-state index contributed by atoms with van der Waals surface area (Å²) in [6, 6.07) is 10.2. The van der Waals surface area contributed by atoms with Gasteiger partial charge in [-0.2, -0.15) is 0 Å². The number of benzene rings is 1. The molecular weight excluding hydrogens is 337 g/mol. The molecule has 0 unspecified atom stereocenters. The van der Waals surface area contributed by atoms with Crippen LogP contribution in [-0.4, -0.2) is 55.0 Å². The number of rotatable bonds is 7. The summed E-state index contributed by atoms with van der Waals surface area (Å²) >= 11 is 1.82. The number of hydrogen-bond acceptors (Lipinski definition) is 4. The predicted octanol–water partition coefficient (Wildman–Crippen LogP) is 3.08. The van der Waals surface area contributed by atoms with Crippen molar-refractivity contribution in [1.82, 2.24) is 9.80 Å². The first-order valence-corrected chi connectivity index (χ1v) is 9.59. The van der Waals surface area contributed by atoms with Crippen LogP contribution < -0.4 is 5.32 Å². The van der Waals surface area contributed by atoms with Gasteiger partial charge in [0.05, 0.1) is 0 Å². The number of anilines is 1. The van der Waals surface area contributed by atoms with Crippen molar-refractivity contribution in [2.24, 2.45) is 0 Å². The van der Waals surface area contributed by atoms with Crippen molar-refractivity contribution in [2.45, 2.75) is 12.8 Å². The zero-order valence-corrected chi connectivity index (χ0v) is 15.1. The summed E-state index contributed by atoms with van der Waals surface area (Å²) in [4.78, 5) is 18.3. The van der Waals surface area contributed by atoms with E-state index in [0.29, 0.717) is 12.1 Å². The van der Waals surface area contributed by atoms with Crippen LogP contribution in [-0.2, 0) is 11.2 Å². The molecule has 25 heavy (non-hydrogen) atoms. The number of hydrogen-bond donors (Lipinski definition) is 1. The van der Waals surface area contributed by atoms with Gasteiger partial charge in [0.1, 0.15) is 5.82 Å². The molecule has 1 fully saturated rings. The zero-order valence-electron chi connectivity index (χ0n) is 14.3. The van der Waals surface area contributed by atoms with Gasteiger partial charge in [0.15, 0.2) is 0 Å². The van der Waals surface area contributed by atoms with E-state index >= 15 is 0 Å². The van der Waals surface area contributed by atoms with Crippen molar-refractivity contribution in [3.63, 3.8) is 0 Å². The Kier molecular flexibility index (Phi) is 6.55. The van der Waals surface area contributed by atoms with Crippen molar-refractivity contribution in [3.05, 3.63) is 52.5 Å². The second kappa shape index (κ2) is 9.08. The molecule has 1 saturated heterocycles. The molecule has 3 rings (SSSR count). The van der Waals surface area contributed by atoms with Crippen LogP contribution in [0.15, 0.2) is 41.8 Å². The zero-order chi connectivity index (χ0) is 17.5. The van der Waals surface area contributed by atoms with E-state index in [1.165, 1.54) is 17.0 Å². The summed E-state index contributed by atoms with van der Waals surface area (Å²) in [5.74, 6) is -0.318. The highest BCUT2D eigenvalue weighted by atomic mass is 32.1. The van der Waals surface area contributed by atoms with Crippen LogP contribution in [0.25, 0.3) is 0 Å². The number of thiophene rings is 1. The van der Waals surface area contributed by atoms with E-state index in [0.717, 1.165) is 45.7 Å². The maximum absolute atomic E-state index is 12.9. The highest BCUT2D eigenvalue weighted by Gasteiger charge is 2.17. The Bertz CT molecular complexity index is 652. The third kappa shape index (κ3) is 5.92. The summed E-state index contributed by atoms with van der Waals surface area (Å²) in [6.07, 6.45) is 1.59. The standard InChI is InChI=1S/C19H24FN3OS/c20-16-3-5-17(6-4-16)21-19(24)8-10-23-13-11-22(12-14-23)9-7-18-2-1-15-25-18/h1-6,15H,7-14H2,(H,21,24). The van der Waals surface area contributed by atoms with Crippen molar-refractivity contribution >= 4 is 22.9 Å². The van der Waals surface area contributed by atoms with E-state index in [2.05, 4.69) is 32.6 Å². The lowest BCUT2D eigenvalue weighted by molar-refractivity contribution is -0.116. The third-order valence-corrected chi connectivity index (χ3v) is 5.44. The van der Waals surface area contributed by atoms with Gasteiger partial charge in [-0.1, -0.05) is 6.07 Å². The first-order chi connectivity index (χ1) is 12.2. The SMILES string of the molecule is O=C(CCN1CCN(CCc2cccs2)CC1)Nc1ccc(F)cc1. The molecule has 1 aromatic heterocycles. The molecule has 1 N–H and O–H groups in total. The number of amides is 1. The lowest BCUT2D eigenvalue weighted by atomic mass is 10.2. The summed E-state index contributed by atoms with van der Waals surface area (Å²) in [7, 11) is 0. The van der Waals surface area contributed by atoms with Gasteiger partial charge in [0, 0.05) is 56.3 Å². The van der Waals surface area contributed by atoms with Gasteiger partial charge < -0.3 is 15.1 Å². The molecule has 1 amide bonds. The Hall–Kier alpha value is -1.76. The largest absolute Gasteiger partial charge is 0.326 e. The lowest BCUT2D eigenvalue weighted by Gasteiger charge is -2.34. The summed E-state index contributed by atoms with van der Waals surface area (Å²) in [5.41, 5.74) is 0.643. The van der Waals surface area contributed by atoms with Gasteiger partial charge in [0.25, 0.3) is 0 Å². The quantitative estimate of drug-likeness (QED) is 0.823. The molecule has 1 aliphatic rings. The number of nitrogens with zero attached hydrogens (tertiary/aromatic N) is 2. The van der Waals surface area contributed by atoms with Gasteiger partial charge in [-0.3, -0.25) is 4.79 Å². The Morgan fingerprint density at radius 2 is 1.72 bits per heavy atom. The van der Waals surface area contributed by atoms with E-state index in [1.807, 2.05) is 11.3 Å². The van der Waals surface area contributed by atoms with Gasteiger partial charge in [0.2, 0.25) is 5.91 Å². The van der Waals surface area contributed by atoms with Crippen LogP contribution in [0.1, 0.15) is 11.3 Å². The minimum atomic E-state index is -0.296. The molecule has 2 heterocycles. The Morgan fingerprint density at radius 3 is 2.36 bits per heavy atom. The van der Waals surface area contributed by atoms with Gasteiger partial charge in [-0.15, -0.1) is 11.3 Å². The van der Waals surface area contributed by atoms with E-state index in [-0.39, 0.29) is 11.7 Å². The molecule has 6 heteroatoms. The van der Waals surface area contributed by atoms with Crippen molar-refractivity contribution in [1.29, 1.82) is 0 Å². The van der Waals surface area contributed by atoms with Crippen LogP contribution in [0.2, 0.25) is 0 Å². The number of halogens is 1. The number of nitrogens with one attached hydrogen (secondary N) is 1. The van der Waals surface area contributed by atoms with Gasteiger partial charge in [-0.25, -0.2) is 4.39 Å². The topological polar surface area (TPSA) is 35.6 Å². The van der Waals surface area contributed by atoms with E-state index in [9.17, 15) is 9.18 Å². The normalized spacial score (nSPS) is 16.0. The van der Waals surface area contributed by atoms with Crippen LogP contribution in [0.4, 0.5) is 10.1 Å². The van der Waals surface area contributed by atoms with Crippen LogP contribution in [0.5, 0.6) is 0 Å². The first-order valence-electron chi connectivity index (χ1n) is 8.71. The second-order valence-corrected chi connectivity index (χ2v) is 7.35. The fourth-order valence-electron chi connectivity index (χ4n) is 2.98. The minimum absolute atomic E-state index is 0.0215. The number of carbonyl (C=O) groups excluding carboxylic acids is 1. The third-order valence-electron chi connectivity index (χ3n) is 4.50. The molecule has 0 aliphatic carbocycles. The van der Waals surface area contributed by atoms with Crippen LogP contribution in [0.3, 0.4) is 0 Å². The van der Waals surface area contributed by atoms with E-state index in [4.69, 9.17) is 0 Å². The summed E-state index contributed by atoms with van der Waals surface area (Å²) < 4.78 is 12.9. The molecule has 2 aromatic rings. The fraction of sp³-hybridized carbons (Fsp3) is 0.421. The number of carbonyl (C=O) groups is 1. The minimum Gasteiger partial charge on any atom is -0.326 e. The maximum atomic E-state index is 12.9. The Balaban J connectivity index is 1.32. The molecule has 0 spiro atoms. The van der Waals surface area contributed by atoms with Crippen LogP contribution >= 0.6 is 11.3 Å². The monoisotopic (exact) mass is 361 g/mol. The highest BCUT2D eigenvalue weighted by molar-refractivity contribution is 7.09. The molecule has 0 saturated carbocycles. The van der Waals surface area contributed by atoms with E-state index in [1.54, 1.807) is 12.1 Å². The van der Waals surface area contributed by atoms with Gasteiger partial charge >= 0.3 is 0 Å². The molecule has 0 radical (unpaired) electrons. The Labute approximate surface area is 152 Å². The van der Waals surface area contributed by atoms with Crippen molar-refractivity contribution in [2.75, 3.05) is 44.6 Å². The van der Waals surface area contributed by atoms with Crippen molar-refractivity contribution < 1.29 is 9.18 Å². The molecular formula is C19H24FN3OS. The van der Waals surface area contributed by atoms with Crippen molar-refractivity contribution in [3.8, 4) is 0 Å². The smallest absolute Gasteiger partial charge is 0.225 e. The molecule has 0 bridgehead atoms. The maximum Gasteiger partial charge on any atom is 0.225 e. The summed E-state index contributed by atoms with van der Waals surface area (Å²) in [6.45, 7) is 6.02. The lowest BCUT2D eigenvalue weighted by Crippen LogP contribution is -2.47. The average Bonchev–Trinajstić information content (AvgIpc) is 3.15. The van der Waals surface area contributed by atoms with Crippen LogP contribution in [0, 0.1) is 5.82 Å². The molecule has 4 nitrogen and oxygen atoms in total. The average molecular weight is 361 g/mol. The fourth-order valence-corrected chi connectivity index (χ4v) is 3.67. The summed E-state index contributed by atoms with van der Waals surface area (Å²) in [5, 5.41) is 4.94. The van der Waals surface area contributed by atoms with E-state index < -0.39 is 0 Å². The van der Waals surface area contributed by atoms with Gasteiger partial charge in [-0.05, 0) is 42.1 Å². The molecule has 1 aliphatic heterocycles. The Morgan fingerprint density at radius 1 is 1.04 bits per heavy atom. The highest BCUT2D eigenvalue weighted by Crippen LogP contribution is 2.12. The first kappa shape index (κ1) is 18.0. The molecule has 1 aromatic carbocycles.